The normalized spacial score (nSPS) is 13.3. The van der Waals surface area contributed by atoms with Crippen molar-refractivity contribution in [3.63, 3.8) is 0 Å². The molecule has 0 amide bonds. The summed E-state index contributed by atoms with van der Waals surface area (Å²) in [4.78, 5) is 12.7. The van der Waals surface area contributed by atoms with E-state index in [4.69, 9.17) is 15.9 Å². The molecule has 1 aromatic rings. The Morgan fingerprint density at radius 3 is 2.15 bits per heavy atom. The summed E-state index contributed by atoms with van der Waals surface area (Å²) in [5.74, 6) is 1.91. The van der Waals surface area contributed by atoms with E-state index in [9.17, 15) is 13.2 Å². The average molecular weight is 381 g/mol. The van der Waals surface area contributed by atoms with Gasteiger partial charge in [-0.3, -0.25) is 4.79 Å². The van der Waals surface area contributed by atoms with E-state index in [2.05, 4.69) is 5.92 Å². The maximum Gasteiger partial charge on any atom is 0.325 e. The minimum Gasteiger partial charge on any atom is -0.497 e. The predicted molar refractivity (Wildman–Crippen MR) is 100 cm³/mol. The van der Waals surface area contributed by atoms with Crippen molar-refractivity contribution in [1.82, 2.24) is 4.31 Å². The lowest BCUT2D eigenvalue weighted by Crippen LogP contribution is -2.50. The molecule has 1 aromatic carbocycles. The molecule has 7 heteroatoms. The van der Waals surface area contributed by atoms with Crippen LogP contribution in [0, 0.1) is 18.3 Å². The minimum absolute atomic E-state index is 0.0303. The zero-order chi connectivity index (χ0) is 20.1. The highest BCUT2D eigenvalue weighted by molar-refractivity contribution is 7.89. The Hall–Kier alpha value is -2.04. The molecule has 0 aliphatic heterocycles. The number of esters is 1. The molecule has 1 unspecified atom stereocenters. The van der Waals surface area contributed by atoms with Crippen LogP contribution in [0.3, 0.4) is 0 Å². The van der Waals surface area contributed by atoms with Gasteiger partial charge in [-0.25, -0.2) is 8.42 Å². The van der Waals surface area contributed by atoms with Crippen molar-refractivity contribution < 1.29 is 22.7 Å². The molecule has 0 radical (unpaired) electrons. The standard InChI is InChI=1S/C19H27NO5S/c1-8-13-20(17(14(2)3)18(21)25-19(4,5)6)26(22,23)16-11-9-15(24-7)10-12-16/h1,9-12,14,17H,13H2,2-7H3. The fraction of sp³-hybridized carbons (Fsp3) is 0.526. The first kappa shape index (κ1) is 22.0. The van der Waals surface area contributed by atoms with E-state index >= 15 is 0 Å². The lowest BCUT2D eigenvalue weighted by molar-refractivity contribution is -0.161. The molecule has 144 valence electrons. The quantitative estimate of drug-likeness (QED) is 0.536. The Morgan fingerprint density at radius 2 is 1.77 bits per heavy atom. The van der Waals surface area contributed by atoms with Crippen LogP contribution in [-0.2, 0) is 19.6 Å². The second-order valence-electron chi connectivity index (χ2n) is 7.15. The van der Waals surface area contributed by atoms with E-state index < -0.39 is 27.6 Å². The van der Waals surface area contributed by atoms with Gasteiger partial charge in [0.25, 0.3) is 0 Å². The number of benzene rings is 1. The third-order valence-electron chi connectivity index (χ3n) is 3.50. The highest BCUT2D eigenvalue weighted by Crippen LogP contribution is 2.25. The lowest BCUT2D eigenvalue weighted by atomic mass is 10.0. The fourth-order valence-corrected chi connectivity index (χ4v) is 4.01. The Morgan fingerprint density at radius 1 is 1.23 bits per heavy atom. The lowest BCUT2D eigenvalue weighted by Gasteiger charge is -2.32. The van der Waals surface area contributed by atoms with Gasteiger partial charge in [0.15, 0.2) is 0 Å². The molecular weight excluding hydrogens is 354 g/mol. The first-order valence-electron chi connectivity index (χ1n) is 8.26. The van der Waals surface area contributed by atoms with Gasteiger partial charge in [0.2, 0.25) is 10.0 Å². The number of ether oxygens (including phenoxy) is 2. The van der Waals surface area contributed by atoms with Crippen LogP contribution in [-0.4, -0.2) is 44.0 Å². The molecule has 0 N–H and O–H groups in total. The monoisotopic (exact) mass is 381 g/mol. The molecular formula is C19H27NO5S. The van der Waals surface area contributed by atoms with E-state index in [1.54, 1.807) is 46.8 Å². The summed E-state index contributed by atoms with van der Waals surface area (Å²) in [6, 6.07) is 4.89. The Kier molecular flexibility index (Phi) is 7.25. The Balaban J connectivity index is 3.36. The molecule has 0 heterocycles. The molecule has 0 fully saturated rings. The molecule has 0 aromatic heterocycles. The average Bonchev–Trinajstić information content (AvgIpc) is 2.52. The van der Waals surface area contributed by atoms with Gasteiger partial charge in [-0.1, -0.05) is 19.8 Å². The first-order chi connectivity index (χ1) is 11.9. The molecule has 0 aliphatic rings. The molecule has 0 saturated heterocycles. The third kappa shape index (κ3) is 5.48. The van der Waals surface area contributed by atoms with Gasteiger partial charge in [0, 0.05) is 0 Å². The topological polar surface area (TPSA) is 72.9 Å². The van der Waals surface area contributed by atoms with Crippen LogP contribution in [0.2, 0.25) is 0 Å². The van der Waals surface area contributed by atoms with Crippen molar-refractivity contribution >= 4 is 16.0 Å². The molecule has 0 aliphatic carbocycles. The maximum atomic E-state index is 13.1. The van der Waals surface area contributed by atoms with Crippen LogP contribution in [0.5, 0.6) is 5.75 Å². The summed E-state index contributed by atoms with van der Waals surface area (Å²) in [7, 11) is -2.51. The van der Waals surface area contributed by atoms with Crippen molar-refractivity contribution in [3.8, 4) is 18.1 Å². The second kappa shape index (κ2) is 8.56. The van der Waals surface area contributed by atoms with Crippen molar-refractivity contribution in [2.24, 2.45) is 5.92 Å². The van der Waals surface area contributed by atoms with Crippen LogP contribution in [0.15, 0.2) is 29.2 Å². The number of terminal acetylenes is 1. The van der Waals surface area contributed by atoms with E-state index in [1.165, 1.54) is 19.2 Å². The van der Waals surface area contributed by atoms with Crippen LogP contribution < -0.4 is 4.74 Å². The van der Waals surface area contributed by atoms with E-state index in [-0.39, 0.29) is 17.4 Å². The van der Waals surface area contributed by atoms with E-state index in [0.717, 1.165) is 4.31 Å². The number of hydrogen-bond donors (Lipinski definition) is 0. The maximum absolute atomic E-state index is 13.1. The van der Waals surface area contributed by atoms with Crippen molar-refractivity contribution in [1.29, 1.82) is 0 Å². The fourth-order valence-electron chi connectivity index (χ4n) is 2.39. The van der Waals surface area contributed by atoms with Crippen molar-refractivity contribution in [2.45, 2.75) is 51.2 Å². The van der Waals surface area contributed by atoms with Crippen LogP contribution >= 0.6 is 0 Å². The summed E-state index contributed by atoms with van der Waals surface area (Å²) in [5.41, 5.74) is -0.740. The van der Waals surface area contributed by atoms with Gasteiger partial charge in [-0.2, -0.15) is 4.31 Å². The summed E-state index contributed by atoms with van der Waals surface area (Å²) < 4.78 is 37.7. The zero-order valence-electron chi connectivity index (χ0n) is 16.1. The van der Waals surface area contributed by atoms with Gasteiger partial charge >= 0.3 is 5.97 Å². The van der Waals surface area contributed by atoms with Crippen molar-refractivity contribution in [3.05, 3.63) is 24.3 Å². The van der Waals surface area contributed by atoms with E-state index in [1.807, 2.05) is 0 Å². The Bertz CT molecular complexity index is 755. The van der Waals surface area contributed by atoms with Crippen LogP contribution in [0.25, 0.3) is 0 Å². The molecule has 6 nitrogen and oxygen atoms in total. The zero-order valence-corrected chi connectivity index (χ0v) is 17.0. The summed E-state index contributed by atoms with van der Waals surface area (Å²) in [5, 5.41) is 0. The van der Waals surface area contributed by atoms with Crippen molar-refractivity contribution in [2.75, 3.05) is 13.7 Å². The smallest absolute Gasteiger partial charge is 0.325 e. The third-order valence-corrected chi connectivity index (χ3v) is 5.34. The van der Waals surface area contributed by atoms with Gasteiger partial charge in [0.05, 0.1) is 18.6 Å². The van der Waals surface area contributed by atoms with Gasteiger partial charge in [-0.15, -0.1) is 6.42 Å². The van der Waals surface area contributed by atoms with Gasteiger partial charge < -0.3 is 9.47 Å². The summed E-state index contributed by atoms with van der Waals surface area (Å²) >= 11 is 0. The minimum atomic E-state index is -4.00. The van der Waals surface area contributed by atoms with Crippen LogP contribution in [0.1, 0.15) is 34.6 Å². The number of hydrogen-bond acceptors (Lipinski definition) is 5. The number of rotatable bonds is 7. The van der Waals surface area contributed by atoms with Crippen LogP contribution in [0.4, 0.5) is 0 Å². The molecule has 26 heavy (non-hydrogen) atoms. The highest BCUT2D eigenvalue weighted by atomic mass is 32.2. The largest absolute Gasteiger partial charge is 0.497 e. The highest BCUT2D eigenvalue weighted by Gasteiger charge is 2.39. The van der Waals surface area contributed by atoms with Gasteiger partial charge in [-0.05, 0) is 51.0 Å². The Labute approximate surface area is 156 Å². The summed E-state index contributed by atoms with van der Waals surface area (Å²) in [6.07, 6.45) is 5.39. The number of methoxy groups -OCH3 is 1. The molecule has 0 saturated carbocycles. The molecule has 1 rings (SSSR count). The van der Waals surface area contributed by atoms with E-state index in [0.29, 0.717) is 5.75 Å². The molecule has 1 atom stereocenters. The first-order valence-corrected chi connectivity index (χ1v) is 9.70. The number of sulfonamides is 1. The molecule has 0 spiro atoms. The second-order valence-corrected chi connectivity index (χ2v) is 9.04. The molecule has 0 bridgehead atoms. The number of carbonyl (C=O) groups is 1. The predicted octanol–water partition coefficient (Wildman–Crippen LogP) is 2.69. The number of nitrogens with zero attached hydrogens (tertiary/aromatic N) is 1. The summed E-state index contributed by atoms with van der Waals surface area (Å²) in [6.45, 7) is 8.45. The SMILES string of the molecule is C#CCN(C(C(=O)OC(C)(C)C)C(C)C)S(=O)(=O)c1ccc(OC)cc1. The van der Waals surface area contributed by atoms with Gasteiger partial charge in [0.1, 0.15) is 17.4 Å². The number of carbonyl (C=O) groups excluding carboxylic acids is 1.